The molecule has 3 heterocycles. The molecule has 0 aliphatic carbocycles. The van der Waals surface area contributed by atoms with Crippen molar-refractivity contribution >= 4 is 28.1 Å². The number of imidazole rings is 1. The van der Waals surface area contributed by atoms with E-state index >= 15 is 0 Å². The van der Waals surface area contributed by atoms with Crippen molar-refractivity contribution in [3.05, 3.63) is 69.2 Å². The molecule has 0 spiro atoms. The first kappa shape index (κ1) is 13.3. The fourth-order valence-corrected chi connectivity index (χ4v) is 3.18. The Kier molecular flexibility index (Phi) is 3.07. The first-order valence-corrected chi connectivity index (χ1v) is 7.68. The zero-order chi connectivity index (χ0) is 15.1. The number of hydrogen-bond acceptors (Lipinski definition) is 3. The first-order chi connectivity index (χ1) is 10.8. The highest BCUT2D eigenvalue weighted by atomic mass is 127. The molecule has 6 nitrogen and oxygen atoms in total. The van der Waals surface area contributed by atoms with Crippen LogP contribution in [0.5, 0.6) is 0 Å². The van der Waals surface area contributed by atoms with E-state index in [2.05, 4.69) is 37.7 Å². The fraction of sp³-hybridized carbons (Fsp3) is 0. The summed E-state index contributed by atoms with van der Waals surface area (Å²) >= 11 is 2.07. The van der Waals surface area contributed by atoms with Crippen molar-refractivity contribution < 1.29 is 0 Å². The van der Waals surface area contributed by atoms with Crippen LogP contribution in [-0.4, -0.2) is 24.1 Å². The molecule has 0 atom stereocenters. The molecule has 0 unspecified atom stereocenters. The number of aromatic amines is 1. The highest BCUT2D eigenvalue weighted by Gasteiger charge is 2.16. The smallest absolute Gasteiger partial charge is 0.283 e. The number of nitrogens with zero attached hydrogens (tertiary/aromatic N) is 4. The fourth-order valence-electron chi connectivity index (χ4n) is 2.45. The molecule has 0 amide bonds. The number of aromatic nitrogens is 5. The lowest BCUT2D eigenvalue weighted by atomic mass is 10.2. The van der Waals surface area contributed by atoms with Crippen LogP contribution in [0.1, 0.15) is 0 Å². The average Bonchev–Trinajstić information content (AvgIpc) is 3.16. The standard InChI is InChI=1S/C15H10IN5O/c16-15-19-20-9-6-11(13-17-7-8-18-13)12(20)14(22)21(15)10-4-2-1-3-5-10/h1-9H,(H,17,18). The SMILES string of the molecule is O=c1c2c(-c3ncc[nH]3)ccn2nc(I)n1-c1ccccc1. The minimum atomic E-state index is -0.123. The lowest BCUT2D eigenvalue weighted by molar-refractivity contribution is 0.791. The van der Waals surface area contributed by atoms with Crippen LogP contribution in [0.4, 0.5) is 0 Å². The molecule has 1 N–H and O–H groups in total. The molecule has 0 saturated carbocycles. The molecule has 3 aromatic heterocycles. The summed E-state index contributed by atoms with van der Waals surface area (Å²) in [5.41, 5.74) is 1.91. The Balaban J connectivity index is 2.08. The number of nitrogens with one attached hydrogen (secondary N) is 1. The first-order valence-electron chi connectivity index (χ1n) is 6.61. The Hall–Kier alpha value is -2.42. The van der Waals surface area contributed by atoms with Crippen molar-refractivity contribution in [2.45, 2.75) is 0 Å². The minimum Gasteiger partial charge on any atom is -0.345 e. The van der Waals surface area contributed by atoms with Gasteiger partial charge in [0, 0.05) is 41.2 Å². The van der Waals surface area contributed by atoms with Crippen LogP contribution < -0.4 is 5.56 Å². The summed E-state index contributed by atoms with van der Waals surface area (Å²) in [5.74, 6) is 0.655. The Morgan fingerprint density at radius 1 is 1.14 bits per heavy atom. The van der Waals surface area contributed by atoms with E-state index in [0.717, 1.165) is 11.3 Å². The van der Waals surface area contributed by atoms with E-state index < -0.39 is 0 Å². The lowest BCUT2D eigenvalue weighted by Gasteiger charge is -2.09. The summed E-state index contributed by atoms with van der Waals surface area (Å²) in [5, 5.41) is 4.47. The second kappa shape index (κ2) is 5.09. The molecule has 7 heteroatoms. The van der Waals surface area contributed by atoms with E-state index in [1.165, 1.54) is 0 Å². The number of halogens is 1. The Morgan fingerprint density at radius 3 is 2.68 bits per heavy atom. The Labute approximate surface area is 138 Å². The Morgan fingerprint density at radius 2 is 1.95 bits per heavy atom. The van der Waals surface area contributed by atoms with Gasteiger partial charge in [0.1, 0.15) is 11.3 Å². The molecule has 108 valence electrons. The molecule has 0 saturated heterocycles. The van der Waals surface area contributed by atoms with Gasteiger partial charge in [-0.05, 0) is 18.2 Å². The van der Waals surface area contributed by atoms with Gasteiger partial charge in [0.15, 0.2) is 3.83 Å². The van der Waals surface area contributed by atoms with Gasteiger partial charge >= 0.3 is 0 Å². The van der Waals surface area contributed by atoms with E-state index in [1.807, 2.05) is 36.4 Å². The van der Waals surface area contributed by atoms with Crippen molar-refractivity contribution in [1.82, 2.24) is 24.1 Å². The van der Waals surface area contributed by atoms with Gasteiger partial charge in [-0.1, -0.05) is 18.2 Å². The third kappa shape index (κ3) is 1.97. The average molecular weight is 403 g/mol. The van der Waals surface area contributed by atoms with Crippen LogP contribution in [-0.2, 0) is 0 Å². The monoisotopic (exact) mass is 403 g/mol. The number of benzene rings is 1. The zero-order valence-corrected chi connectivity index (χ0v) is 13.4. The van der Waals surface area contributed by atoms with Crippen LogP contribution in [0.3, 0.4) is 0 Å². The second-order valence-electron chi connectivity index (χ2n) is 4.71. The summed E-state index contributed by atoms with van der Waals surface area (Å²) in [6, 6.07) is 11.3. The zero-order valence-electron chi connectivity index (χ0n) is 11.3. The van der Waals surface area contributed by atoms with Gasteiger partial charge in [0.05, 0.1) is 11.3 Å². The maximum atomic E-state index is 13.0. The van der Waals surface area contributed by atoms with Gasteiger partial charge in [-0.3, -0.25) is 9.36 Å². The molecule has 0 radical (unpaired) electrons. The van der Waals surface area contributed by atoms with Gasteiger partial charge in [-0.25, -0.2) is 9.50 Å². The van der Waals surface area contributed by atoms with Crippen molar-refractivity contribution in [2.24, 2.45) is 0 Å². The number of fused-ring (bicyclic) bond motifs is 1. The van der Waals surface area contributed by atoms with E-state index in [1.54, 1.807) is 27.7 Å². The van der Waals surface area contributed by atoms with Crippen LogP contribution in [0, 0.1) is 3.83 Å². The van der Waals surface area contributed by atoms with E-state index in [-0.39, 0.29) is 5.56 Å². The molecular formula is C15H10IN5O. The number of hydrogen-bond donors (Lipinski definition) is 1. The molecule has 0 aliphatic rings. The summed E-state index contributed by atoms with van der Waals surface area (Å²) < 4.78 is 3.80. The quantitative estimate of drug-likeness (QED) is 0.523. The predicted octanol–water partition coefficient (Wildman–Crippen LogP) is 2.48. The largest absolute Gasteiger partial charge is 0.345 e. The molecule has 0 fully saturated rings. The number of H-pyrrole nitrogens is 1. The molecule has 0 aliphatic heterocycles. The van der Waals surface area contributed by atoms with E-state index in [9.17, 15) is 4.79 Å². The van der Waals surface area contributed by atoms with Gasteiger partial charge in [-0.15, -0.1) is 5.10 Å². The summed E-state index contributed by atoms with van der Waals surface area (Å²) in [4.78, 5) is 20.2. The lowest BCUT2D eigenvalue weighted by Crippen LogP contribution is -2.25. The normalized spacial score (nSPS) is 11.1. The molecular weight excluding hydrogens is 393 g/mol. The highest BCUT2D eigenvalue weighted by Crippen LogP contribution is 2.20. The molecule has 22 heavy (non-hydrogen) atoms. The van der Waals surface area contributed by atoms with Crippen molar-refractivity contribution in [3.8, 4) is 17.1 Å². The van der Waals surface area contributed by atoms with Crippen LogP contribution in [0.2, 0.25) is 0 Å². The Bertz CT molecular complexity index is 1000. The number of para-hydroxylation sites is 1. The van der Waals surface area contributed by atoms with Gasteiger partial charge in [-0.2, -0.15) is 0 Å². The second-order valence-corrected chi connectivity index (χ2v) is 5.67. The maximum absolute atomic E-state index is 13.0. The van der Waals surface area contributed by atoms with Crippen LogP contribution >= 0.6 is 22.6 Å². The topological polar surface area (TPSA) is 68.0 Å². The highest BCUT2D eigenvalue weighted by molar-refractivity contribution is 14.1. The van der Waals surface area contributed by atoms with Gasteiger partial charge in [0.2, 0.25) is 0 Å². The summed E-state index contributed by atoms with van der Waals surface area (Å²) in [6.07, 6.45) is 5.16. The molecule has 4 aromatic rings. The third-order valence-electron chi connectivity index (χ3n) is 3.41. The van der Waals surface area contributed by atoms with Crippen molar-refractivity contribution in [1.29, 1.82) is 0 Å². The summed E-state index contributed by atoms with van der Waals surface area (Å²) in [7, 11) is 0. The minimum absolute atomic E-state index is 0.123. The van der Waals surface area contributed by atoms with Crippen molar-refractivity contribution in [3.63, 3.8) is 0 Å². The van der Waals surface area contributed by atoms with E-state index in [4.69, 9.17) is 0 Å². The molecule has 1 aromatic carbocycles. The molecule has 4 rings (SSSR count). The maximum Gasteiger partial charge on any atom is 0.283 e. The van der Waals surface area contributed by atoms with Crippen LogP contribution in [0.25, 0.3) is 22.6 Å². The van der Waals surface area contributed by atoms with Gasteiger partial charge < -0.3 is 4.98 Å². The molecule has 0 bridgehead atoms. The van der Waals surface area contributed by atoms with Gasteiger partial charge in [0.25, 0.3) is 5.56 Å². The number of rotatable bonds is 2. The summed E-state index contributed by atoms with van der Waals surface area (Å²) in [6.45, 7) is 0. The van der Waals surface area contributed by atoms with E-state index in [0.29, 0.717) is 15.2 Å². The van der Waals surface area contributed by atoms with Crippen molar-refractivity contribution in [2.75, 3.05) is 0 Å². The van der Waals surface area contributed by atoms with Crippen LogP contribution in [0.15, 0.2) is 59.8 Å². The third-order valence-corrected chi connectivity index (χ3v) is 4.11. The predicted molar refractivity (Wildman–Crippen MR) is 91.1 cm³/mol.